The Kier molecular flexibility index (Phi) is 3.68. The molecule has 26 heavy (non-hydrogen) atoms. The van der Waals surface area contributed by atoms with Crippen molar-refractivity contribution in [3.05, 3.63) is 59.7 Å². The Hall–Kier alpha value is -3.28. The van der Waals surface area contributed by atoms with Crippen LogP contribution in [0, 0.1) is 5.92 Å². The Morgan fingerprint density at radius 3 is 1.50 bits per heavy atom. The number of fused-ring (bicyclic) bond motifs is 2. The molecule has 0 aliphatic carbocycles. The average Bonchev–Trinajstić information content (AvgIpc) is 3.03. The molecular weight excluding hydrogens is 332 g/mol. The molecule has 0 unspecified atom stereocenters. The minimum atomic E-state index is -0.553. The smallest absolute Gasteiger partial charge is 0.299 e. The highest BCUT2D eigenvalue weighted by molar-refractivity contribution is 6.53. The second-order valence-electron chi connectivity index (χ2n) is 6.63. The molecule has 2 amide bonds. The van der Waals surface area contributed by atoms with Crippen LogP contribution in [0.3, 0.4) is 0 Å². The van der Waals surface area contributed by atoms with Crippen LogP contribution in [0.4, 0.5) is 11.4 Å². The van der Waals surface area contributed by atoms with Gasteiger partial charge in [-0.05, 0) is 30.2 Å². The number of Topliss-reactive ketones (excluding diaryl/α,β-unsaturated/α-hetero) is 2. The van der Waals surface area contributed by atoms with Gasteiger partial charge >= 0.3 is 0 Å². The number of carbonyl (C=O) groups excluding carboxylic acids is 4. The van der Waals surface area contributed by atoms with Crippen molar-refractivity contribution < 1.29 is 19.2 Å². The molecule has 6 heteroatoms. The second kappa shape index (κ2) is 5.91. The van der Waals surface area contributed by atoms with E-state index in [2.05, 4.69) is 0 Å². The van der Waals surface area contributed by atoms with Gasteiger partial charge in [0.25, 0.3) is 23.4 Å². The maximum atomic E-state index is 12.3. The fraction of sp³-hybridized carbons (Fsp3) is 0.200. The van der Waals surface area contributed by atoms with Crippen molar-refractivity contribution in [2.45, 2.75) is 6.92 Å². The van der Waals surface area contributed by atoms with Crippen LogP contribution in [0.15, 0.2) is 48.5 Å². The van der Waals surface area contributed by atoms with E-state index in [9.17, 15) is 19.2 Å². The Labute approximate surface area is 150 Å². The lowest BCUT2D eigenvalue weighted by Crippen LogP contribution is -2.40. The molecule has 0 fully saturated rings. The van der Waals surface area contributed by atoms with E-state index in [1.54, 1.807) is 48.5 Å². The van der Waals surface area contributed by atoms with Crippen molar-refractivity contribution in [2.24, 2.45) is 5.92 Å². The van der Waals surface area contributed by atoms with Gasteiger partial charge < -0.3 is 9.80 Å². The van der Waals surface area contributed by atoms with E-state index in [1.807, 2.05) is 6.92 Å². The summed E-state index contributed by atoms with van der Waals surface area (Å²) in [5, 5.41) is 0. The molecular formula is C20H16N2O4. The summed E-state index contributed by atoms with van der Waals surface area (Å²) in [6, 6.07) is 13.8. The second-order valence-corrected chi connectivity index (χ2v) is 6.63. The van der Waals surface area contributed by atoms with Gasteiger partial charge in [-0.3, -0.25) is 19.2 Å². The summed E-state index contributed by atoms with van der Waals surface area (Å²) in [6.07, 6.45) is 0. The minimum absolute atomic E-state index is 0.124. The third-order valence-corrected chi connectivity index (χ3v) is 4.75. The zero-order valence-corrected chi connectivity index (χ0v) is 14.1. The molecule has 0 N–H and O–H groups in total. The molecule has 4 rings (SSSR count). The molecule has 0 saturated carbocycles. The minimum Gasteiger partial charge on any atom is -0.304 e. The number of nitrogens with zero attached hydrogens (tertiary/aromatic N) is 2. The fourth-order valence-electron chi connectivity index (χ4n) is 3.54. The monoisotopic (exact) mass is 348 g/mol. The lowest BCUT2D eigenvalue weighted by Gasteiger charge is -2.25. The van der Waals surface area contributed by atoms with Gasteiger partial charge in [-0.15, -0.1) is 0 Å². The van der Waals surface area contributed by atoms with E-state index < -0.39 is 23.4 Å². The van der Waals surface area contributed by atoms with Gasteiger partial charge in [0.05, 0.1) is 22.5 Å². The van der Waals surface area contributed by atoms with Crippen LogP contribution in [-0.2, 0) is 9.59 Å². The summed E-state index contributed by atoms with van der Waals surface area (Å²) in [4.78, 5) is 51.7. The molecule has 0 atom stereocenters. The number of benzene rings is 2. The van der Waals surface area contributed by atoms with E-state index in [-0.39, 0.29) is 5.92 Å². The molecule has 6 nitrogen and oxygen atoms in total. The normalized spacial score (nSPS) is 15.9. The van der Waals surface area contributed by atoms with Gasteiger partial charge in [-0.25, -0.2) is 0 Å². The molecule has 2 heterocycles. The number of rotatable bonds is 4. The quantitative estimate of drug-likeness (QED) is 0.793. The summed E-state index contributed by atoms with van der Waals surface area (Å²) in [5.74, 6) is -2.25. The largest absolute Gasteiger partial charge is 0.304 e. The van der Waals surface area contributed by atoms with Crippen molar-refractivity contribution in [3.63, 3.8) is 0 Å². The first-order valence-corrected chi connectivity index (χ1v) is 8.39. The van der Waals surface area contributed by atoms with Gasteiger partial charge in [-0.1, -0.05) is 31.2 Å². The highest BCUT2D eigenvalue weighted by Gasteiger charge is 2.39. The highest BCUT2D eigenvalue weighted by atomic mass is 16.2. The number of ketones is 2. The number of hydrogen-bond acceptors (Lipinski definition) is 4. The molecule has 0 aromatic heterocycles. The summed E-state index contributed by atoms with van der Waals surface area (Å²) >= 11 is 0. The van der Waals surface area contributed by atoms with Gasteiger partial charge in [0.2, 0.25) is 0 Å². The third kappa shape index (κ3) is 2.34. The number of carbonyl (C=O) groups is 4. The van der Waals surface area contributed by atoms with Gasteiger partial charge in [0, 0.05) is 13.1 Å². The molecule has 2 aliphatic rings. The van der Waals surface area contributed by atoms with Gasteiger partial charge in [-0.2, -0.15) is 0 Å². The first kappa shape index (κ1) is 16.2. The number of para-hydroxylation sites is 2. The first-order chi connectivity index (χ1) is 12.5. The zero-order valence-electron chi connectivity index (χ0n) is 14.1. The summed E-state index contributed by atoms with van der Waals surface area (Å²) in [5.41, 5.74) is 2.00. The molecule has 0 bridgehead atoms. The van der Waals surface area contributed by atoms with Crippen LogP contribution >= 0.6 is 0 Å². The van der Waals surface area contributed by atoms with Crippen LogP contribution in [0.2, 0.25) is 0 Å². The van der Waals surface area contributed by atoms with Gasteiger partial charge in [0.1, 0.15) is 0 Å². The third-order valence-electron chi connectivity index (χ3n) is 4.75. The molecule has 0 saturated heterocycles. The van der Waals surface area contributed by atoms with Gasteiger partial charge in [0.15, 0.2) is 0 Å². The van der Waals surface area contributed by atoms with E-state index in [1.165, 1.54) is 9.80 Å². The van der Waals surface area contributed by atoms with Crippen LogP contribution in [0.1, 0.15) is 27.6 Å². The van der Waals surface area contributed by atoms with Crippen LogP contribution in [0.25, 0.3) is 0 Å². The molecule has 0 radical (unpaired) electrons. The molecule has 0 spiro atoms. The Morgan fingerprint density at radius 2 is 1.08 bits per heavy atom. The SMILES string of the molecule is CC(CN1C(=O)C(=O)c2ccccc21)CN1C(=O)C(=O)c2ccccc21. The Bertz CT molecular complexity index is 888. The molecule has 2 aromatic carbocycles. The van der Waals surface area contributed by atoms with Crippen molar-refractivity contribution in [3.8, 4) is 0 Å². The Balaban J connectivity index is 1.55. The summed E-state index contributed by atoms with van der Waals surface area (Å²) in [6.45, 7) is 2.47. The van der Waals surface area contributed by atoms with Crippen LogP contribution < -0.4 is 9.80 Å². The predicted octanol–water partition coefficient (Wildman–Crippen LogP) is 2.08. The topological polar surface area (TPSA) is 74.8 Å². The van der Waals surface area contributed by atoms with E-state index in [4.69, 9.17) is 0 Å². The van der Waals surface area contributed by atoms with E-state index in [0.29, 0.717) is 35.6 Å². The average molecular weight is 348 g/mol. The van der Waals surface area contributed by atoms with E-state index in [0.717, 1.165) is 0 Å². The lowest BCUT2D eigenvalue weighted by atomic mass is 10.1. The first-order valence-electron chi connectivity index (χ1n) is 8.39. The maximum absolute atomic E-state index is 12.3. The number of hydrogen-bond donors (Lipinski definition) is 0. The number of anilines is 2. The Morgan fingerprint density at radius 1 is 0.692 bits per heavy atom. The van der Waals surface area contributed by atoms with Crippen molar-refractivity contribution >= 4 is 34.8 Å². The van der Waals surface area contributed by atoms with Crippen molar-refractivity contribution in [1.82, 2.24) is 0 Å². The maximum Gasteiger partial charge on any atom is 0.299 e. The standard InChI is InChI=1S/C20H16N2O4/c1-12(10-21-15-8-4-2-6-13(15)17(23)19(21)25)11-22-16-9-5-3-7-14(16)18(24)20(22)26/h2-9,12H,10-11H2,1H3. The van der Waals surface area contributed by atoms with Crippen molar-refractivity contribution in [1.29, 1.82) is 0 Å². The zero-order chi connectivity index (χ0) is 18.4. The van der Waals surface area contributed by atoms with E-state index >= 15 is 0 Å². The van der Waals surface area contributed by atoms with Crippen LogP contribution in [0.5, 0.6) is 0 Å². The molecule has 130 valence electrons. The highest BCUT2D eigenvalue weighted by Crippen LogP contribution is 2.31. The molecule has 2 aliphatic heterocycles. The number of amides is 2. The summed E-state index contributed by atoms with van der Waals surface area (Å²) in [7, 11) is 0. The predicted molar refractivity (Wildman–Crippen MR) is 95.4 cm³/mol. The molecule has 2 aromatic rings. The van der Waals surface area contributed by atoms with Crippen LogP contribution in [-0.4, -0.2) is 36.5 Å². The van der Waals surface area contributed by atoms with Crippen molar-refractivity contribution in [2.75, 3.05) is 22.9 Å². The fourth-order valence-corrected chi connectivity index (χ4v) is 3.54. The summed E-state index contributed by atoms with van der Waals surface area (Å²) < 4.78 is 0. The lowest BCUT2D eigenvalue weighted by molar-refractivity contribution is -0.114.